The van der Waals surface area contributed by atoms with Gasteiger partial charge in [-0.2, -0.15) is 0 Å². The van der Waals surface area contributed by atoms with Crippen LogP contribution in [0.5, 0.6) is 0 Å². The molecule has 0 amide bonds. The zero-order valence-electron chi connectivity index (χ0n) is 43.4. The van der Waals surface area contributed by atoms with Crippen molar-refractivity contribution in [1.82, 2.24) is 0 Å². The number of benzene rings is 2. The van der Waals surface area contributed by atoms with Gasteiger partial charge in [-0.15, -0.1) is 0 Å². The topological polar surface area (TPSA) is 127 Å². The van der Waals surface area contributed by atoms with Crippen LogP contribution in [0.2, 0.25) is 0 Å². The molecule has 0 radical (unpaired) electrons. The molecule has 0 spiro atoms. The maximum Gasteiger partial charge on any atom is 0.270 e. The number of rotatable bonds is 38. The molecular formula is C60H88N4O6. The molecule has 0 aromatic heterocycles. The number of carbonyl (C=O) groups excluding carboxylic acids is 2. The van der Waals surface area contributed by atoms with Gasteiger partial charge in [-0.3, -0.25) is 29.8 Å². The molecule has 10 nitrogen and oxygen atoms in total. The summed E-state index contributed by atoms with van der Waals surface area (Å²) in [7, 11) is 0. The van der Waals surface area contributed by atoms with Gasteiger partial charge >= 0.3 is 0 Å². The molecule has 2 heterocycles. The number of Topliss-reactive ketones (excluding diaryl/α,β-unsaturated/α-hetero) is 2. The standard InChI is InChI=1S/C60H88N4O6/c1-3-5-7-9-11-13-15-17-19-21-23-25-27-29-31-33-43-61-51(37-35-49-45-53(63(67)68)39-41-57(49)61)47-55-59(65)56(60(55)66)48-52-38-36-50-46-54(64(69)70)40-42-58(50)62(52)44-34-32-30-28-26-24-22-20-18-16-14-12-10-8-6-4-2/h35-42,45-48,55-56H,3-34,43-44H2,1-2H3/b51-47+,52-48+. The van der Waals surface area contributed by atoms with E-state index >= 15 is 0 Å². The van der Waals surface area contributed by atoms with Crippen molar-refractivity contribution < 1.29 is 19.4 Å². The van der Waals surface area contributed by atoms with Gasteiger partial charge in [0, 0.05) is 71.3 Å². The third-order valence-corrected chi connectivity index (χ3v) is 14.9. The van der Waals surface area contributed by atoms with Gasteiger partial charge in [-0.25, -0.2) is 0 Å². The van der Waals surface area contributed by atoms with Gasteiger partial charge in [0.1, 0.15) is 0 Å². The average Bonchev–Trinajstić information content (AvgIpc) is 3.36. The van der Waals surface area contributed by atoms with Crippen molar-refractivity contribution in [1.29, 1.82) is 0 Å². The summed E-state index contributed by atoms with van der Waals surface area (Å²) in [6.45, 7) is 5.90. The van der Waals surface area contributed by atoms with Gasteiger partial charge in [-0.05, 0) is 49.3 Å². The first kappa shape index (κ1) is 56.1. The normalized spacial score (nSPS) is 17.4. The first-order valence-electron chi connectivity index (χ1n) is 28.2. The molecule has 1 saturated carbocycles. The van der Waals surface area contributed by atoms with E-state index in [9.17, 15) is 29.8 Å². The minimum absolute atomic E-state index is 0.0277. The van der Waals surface area contributed by atoms with Crippen LogP contribution < -0.4 is 9.80 Å². The zero-order chi connectivity index (χ0) is 49.8. The Morgan fingerprint density at radius 1 is 0.414 bits per heavy atom. The summed E-state index contributed by atoms with van der Waals surface area (Å²) in [6.07, 6.45) is 52.0. The van der Waals surface area contributed by atoms with Crippen molar-refractivity contribution in [3.63, 3.8) is 0 Å². The van der Waals surface area contributed by atoms with Gasteiger partial charge < -0.3 is 9.80 Å². The Morgan fingerprint density at radius 3 is 0.957 bits per heavy atom. The SMILES string of the molecule is CCCCCCCCCCCCCCCCCCN1/C(=C/C2C(=O)C(/C=C3\C=Cc4cc([N+](=O)[O-])ccc4N3CCCCCCCCCCCCCCCCCC)C2=O)C=Cc2cc([N+](=O)[O-])ccc21. The summed E-state index contributed by atoms with van der Waals surface area (Å²) in [4.78, 5) is 54.7. The monoisotopic (exact) mass is 961 g/mol. The summed E-state index contributed by atoms with van der Waals surface area (Å²) < 4.78 is 0. The molecule has 2 aromatic rings. The Kier molecular flexibility index (Phi) is 25.8. The summed E-state index contributed by atoms with van der Waals surface area (Å²) in [5.41, 5.74) is 4.76. The summed E-state index contributed by atoms with van der Waals surface area (Å²) in [5.74, 6) is -2.07. The van der Waals surface area contributed by atoms with Crippen molar-refractivity contribution in [3.8, 4) is 0 Å². The molecule has 2 aliphatic heterocycles. The highest BCUT2D eigenvalue weighted by molar-refractivity contribution is 6.26. The van der Waals surface area contributed by atoms with E-state index in [-0.39, 0.29) is 32.8 Å². The van der Waals surface area contributed by atoms with Crippen LogP contribution in [-0.2, 0) is 9.59 Å². The lowest BCUT2D eigenvalue weighted by molar-refractivity contribution is -0.385. The van der Waals surface area contributed by atoms with Crippen LogP contribution in [0.15, 0.2) is 72.1 Å². The predicted octanol–water partition coefficient (Wildman–Crippen LogP) is 17.5. The molecule has 1 fully saturated rings. The van der Waals surface area contributed by atoms with E-state index in [1.807, 2.05) is 24.3 Å². The first-order chi connectivity index (χ1) is 34.2. The number of nitrogens with zero attached hydrogens (tertiary/aromatic N) is 4. The zero-order valence-corrected chi connectivity index (χ0v) is 43.4. The van der Waals surface area contributed by atoms with E-state index in [2.05, 4.69) is 23.6 Å². The number of nitro benzene ring substituents is 2. The lowest BCUT2D eigenvalue weighted by atomic mass is 9.71. The molecule has 0 bridgehead atoms. The number of fused-ring (bicyclic) bond motifs is 2. The molecule has 0 atom stereocenters. The molecular weight excluding hydrogens is 873 g/mol. The van der Waals surface area contributed by atoms with Gasteiger partial charge in [0.2, 0.25) is 0 Å². The number of nitro groups is 2. The Bertz CT molecular complexity index is 1910. The number of non-ortho nitro benzene ring substituents is 2. The van der Waals surface area contributed by atoms with Crippen molar-refractivity contribution in [3.05, 3.63) is 103 Å². The van der Waals surface area contributed by atoms with E-state index in [1.165, 1.54) is 179 Å². The minimum Gasteiger partial charge on any atom is -0.341 e. The van der Waals surface area contributed by atoms with Crippen LogP contribution in [0.1, 0.15) is 230 Å². The molecule has 1 aliphatic carbocycles. The van der Waals surface area contributed by atoms with E-state index in [4.69, 9.17) is 0 Å². The molecule has 2 aromatic carbocycles. The summed E-state index contributed by atoms with van der Waals surface area (Å²) >= 11 is 0. The Balaban J connectivity index is 1.12. The third kappa shape index (κ3) is 18.4. The fourth-order valence-electron chi connectivity index (χ4n) is 10.5. The average molecular weight is 961 g/mol. The number of ketones is 2. The summed E-state index contributed by atoms with van der Waals surface area (Å²) in [6, 6.07) is 9.79. The second-order valence-corrected chi connectivity index (χ2v) is 20.5. The molecule has 0 N–H and O–H groups in total. The number of unbranched alkanes of at least 4 members (excludes halogenated alkanes) is 30. The number of anilines is 2. The van der Waals surface area contributed by atoms with Crippen LogP contribution in [0.3, 0.4) is 0 Å². The van der Waals surface area contributed by atoms with Gasteiger partial charge in [0.25, 0.3) is 11.4 Å². The Hall–Kier alpha value is -4.86. The second kappa shape index (κ2) is 32.2. The predicted molar refractivity (Wildman–Crippen MR) is 291 cm³/mol. The van der Waals surface area contributed by atoms with Crippen LogP contribution in [0.4, 0.5) is 22.7 Å². The lowest BCUT2D eigenvalue weighted by Crippen LogP contribution is -2.47. The molecule has 0 unspecified atom stereocenters. The van der Waals surface area contributed by atoms with Gasteiger partial charge in [0.15, 0.2) is 11.6 Å². The molecule has 5 rings (SSSR count). The van der Waals surface area contributed by atoms with Crippen molar-refractivity contribution >= 4 is 46.5 Å². The minimum atomic E-state index is -0.884. The largest absolute Gasteiger partial charge is 0.341 e. The Labute approximate surface area is 421 Å². The van der Waals surface area contributed by atoms with Crippen molar-refractivity contribution in [2.75, 3.05) is 22.9 Å². The van der Waals surface area contributed by atoms with Crippen LogP contribution in [-0.4, -0.2) is 34.5 Å². The second-order valence-electron chi connectivity index (χ2n) is 20.5. The quantitative estimate of drug-likeness (QED) is 0.0282. The first-order valence-corrected chi connectivity index (χ1v) is 28.2. The maximum atomic E-state index is 14.0. The van der Waals surface area contributed by atoms with Crippen LogP contribution in [0.25, 0.3) is 12.2 Å². The Morgan fingerprint density at radius 2 is 0.686 bits per heavy atom. The van der Waals surface area contributed by atoms with E-state index in [0.717, 1.165) is 72.4 Å². The number of allylic oxidation sites excluding steroid dienone is 4. The van der Waals surface area contributed by atoms with Gasteiger partial charge in [-0.1, -0.05) is 219 Å². The highest BCUT2D eigenvalue weighted by atomic mass is 16.6. The van der Waals surface area contributed by atoms with E-state index < -0.39 is 11.8 Å². The van der Waals surface area contributed by atoms with Crippen molar-refractivity contribution in [2.45, 2.75) is 219 Å². The fourth-order valence-corrected chi connectivity index (χ4v) is 10.5. The maximum absolute atomic E-state index is 14.0. The molecule has 384 valence electrons. The summed E-state index contributed by atoms with van der Waals surface area (Å²) in [5, 5.41) is 23.3. The lowest BCUT2D eigenvalue weighted by Gasteiger charge is -2.35. The van der Waals surface area contributed by atoms with Crippen LogP contribution >= 0.6 is 0 Å². The van der Waals surface area contributed by atoms with Gasteiger partial charge in [0.05, 0.1) is 21.7 Å². The molecule has 70 heavy (non-hydrogen) atoms. The number of hydrogen-bond donors (Lipinski definition) is 0. The molecule has 0 saturated heterocycles. The van der Waals surface area contributed by atoms with Crippen molar-refractivity contribution in [2.24, 2.45) is 11.8 Å². The van der Waals surface area contributed by atoms with E-state index in [0.29, 0.717) is 13.1 Å². The number of hydrogen-bond acceptors (Lipinski definition) is 8. The third-order valence-electron chi connectivity index (χ3n) is 14.9. The smallest absolute Gasteiger partial charge is 0.270 e. The highest BCUT2D eigenvalue weighted by Gasteiger charge is 2.47. The molecule has 10 heteroatoms. The highest BCUT2D eigenvalue weighted by Crippen LogP contribution is 2.39. The fraction of sp³-hybridized carbons (Fsp3) is 0.633. The number of carbonyl (C=O) groups is 2. The van der Waals surface area contributed by atoms with E-state index in [1.54, 1.807) is 36.4 Å². The van der Waals surface area contributed by atoms with Crippen LogP contribution in [0, 0.1) is 32.1 Å². The molecule has 3 aliphatic rings.